The number of aromatic amines is 1. The molecule has 2 heterocycles. The molecule has 1 amide bonds. The Kier molecular flexibility index (Phi) is 4.50. The molecule has 0 atom stereocenters. The molecule has 4 aromatic rings. The highest BCUT2D eigenvalue weighted by Crippen LogP contribution is 2.19. The van der Waals surface area contributed by atoms with Crippen molar-refractivity contribution in [2.75, 3.05) is 6.54 Å². The van der Waals surface area contributed by atoms with Gasteiger partial charge in [-0.1, -0.05) is 36.4 Å². The molecule has 0 bridgehead atoms. The molecule has 5 nitrogen and oxygen atoms in total. The van der Waals surface area contributed by atoms with Gasteiger partial charge in [0.05, 0.1) is 22.6 Å². The maximum Gasteiger partial charge on any atom is 0.255 e. The number of para-hydroxylation sites is 2. The highest BCUT2D eigenvalue weighted by molar-refractivity contribution is 5.96. The summed E-state index contributed by atoms with van der Waals surface area (Å²) >= 11 is 0. The fourth-order valence-corrected chi connectivity index (χ4v) is 3.53. The number of hydrogen-bond acceptors (Lipinski definition) is 2. The van der Waals surface area contributed by atoms with E-state index in [1.165, 1.54) is 10.9 Å². The molecule has 0 unspecified atom stereocenters. The van der Waals surface area contributed by atoms with Crippen LogP contribution in [-0.2, 0) is 6.42 Å². The van der Waals surface area contributed by atoms with Crippen LogP contribution in [-0.4, -0.2) is 27.2 Å². The van der Waals surface area contributed by atoms with Crippen molar-refractivity contribution in [3.05, 3.63) is 83.3 Å². The third-order valence-electron chi connectivity index (χ3n) is 4.87. The highest BCUT2D eigenvalue weighted by atomic mass is 16.1. The Morgan fingerprint density at radius 2 is 1.81 bits per heavy atom. The third-order valence-corrected chi connectivity index (χ3v) is 4.87. The zero-order valence-electron chi connectivity index (χ0n) is 15.5. The maximum atomic E-state index is 12.8. The number of fused-ring (bicyclic) bond motifs is 1. The monoisotopic (exact) mass is 358 g/mol. The van der Waals surface area contributed by atoms with Gasteiger partial charge in [0.2, 0.25) is 0 Å². The van der Waals surface area contributed by atoms with Crippen LogP contribution >= 0.6 is 0 Å². The number of hydrogen-bond donors (Lipinski definition) is 2. The second kappa shape index (κ2) is 7.11. The first-order valence-electron chi connectivity index (χ1n) is 9.10. The van der Waals surface area contributed by atoms with Gasteiger partial charge in [-0.25, -0.2) is 4.68 Å². The number of nitrogens with one attached hydrogen (secondary N) is 2. The van der Waals surface area contributed by atoms with E-state index in [-0.39, 0.29) is 5.91 Å². The average molecular weight is 358 g/mol. The molecule has 0 aliphatic rings. The van der Waals surface area contributed by atoms with Crippen molar-refractivity contribution in [2.24, 2.45) is 0 Å². The molecule has 0 saturated carbocycles. The van der Waals surface area contributed by atoms with Gasteiger partial charge in [0.15, 0.2) is 0 Å². The summed E-state index contributed by atoms with van der Waals surface area (Å²) in [5.41, 5.74) is 5.52. The summed E-state index contributed by atoms with van der Waals surface area (Å²) in [5, 5.41) is 8.80. The molecule has 0 fully saturated rings. The van der Waals surface area contributed by atoms with Gasteiger partial charge in [-0.05, 0) is 44.0 Å². The van der Waals surface area contributed by atoms with Crippen molar-refractivity contribution < 1.29 is 4.79 Å². The van der Waals surface area contributed by atoms with E-state index in [1.807, 2.05) is 67.2 Å². The molecule has 4 rings (SSSR count). The molecule has 0 spiro atoms. The Morgan fingerprint density at radius 3 is 2.63 bits per heavy atom. The van der Waals surface area contributed by atoms with E-state index >= 15 is 0 Å². The summed E-state index contributed by atoms with van der Waals surface area (Å²) in [6, 6.07) is 18.1. The first-order valence-corrected chi connectivity index (χ1v) is 9.10. The van der Waals surface area contributed by atoms with Crippen molar-refractivity contribution in [3.63, 3.8) is 0 Å². The second-order valence-corrected chi connectivity index (χ2v) is 6.66. The molecular formula is C22H22N4O. The van der Waals surface area contributed by atoms with Gasteiger partial charge < -0.3 is 10.3 Å². The zero-order chi connectivity index (χ0) is 18.8. The quantitative estimate of drug-likeness (QED) is 0.567. The predicted molar refractivity (Wildman–Crippen MR) is 107 cm³/mol. The van der Waals surface area contributed by atoms with Crippen LogP contribution in [0.5, 0.6) is 0 Å². The summed E-state index contributed by atoms with van der Waals surface area (Å²) in [6.45, 7) is 4.39. The van der Waals surface area contributed by atoms with Crippen LogP contribution in [0, 0.1) is 13.8 Å². The zero-order valence-corrected chi connectivity index (χ0v) is 15.5. The number of aryl methyl sites for hydroxylation is 1. The Labute approximate surface area is 158 Å². The van der Waals surface area contributed by atoms with Crippen LogP contribution in [0.15, 0.2) is 60.8 Å². The Morgan fingerprint density at radius 1 is 1.07 bits per heavy atom. The SMILES string of the molecule is Cc1nn(-c2ccccc2)c(C)c1C(=O)NCCc1c[nH]c2ccccc12. The summed E-state index contributed by atoms with van der Waals surface area (Å²) < 4.78 is 1.82. The average Bonchev–Trinajstić information content (AvgIpc) is 3.23. The molecule has 5 heteroatoms. The standard InChI is InChI=1S/C22H22N4O/c1-15-21(16(2)26(25-15)18-8-4-3-5-9-18)22(27)23-13-12-17-14-24-20-11-7-6-10-19(17)20/h3-11,14,24H,12-13H2,1-2H3,(H,23,27). The summed E-state index contributed by atoms with van der Waals surface area (Å²) in [7, 11) is 0. The lowest BCUT2D eigenvalue weighted by Gasteiger charge is -2.07. The first-order chi connectivity index (χ1) is 13.1. The van der Waals surface area contributed by atoms with Gasteiger partial charge in [0, 0.05) is 23.6 Å². The van der Waals surface area contributed by atoms with Gasteiger partial charge in [-0.2, -0.15) is 5.10 Å². The lowest BCUT2D eigenvalue weighted by Crippen LogP contribution is -2.26. The molecule has 0 saturated heterocycles. The second-order valence-electron chi connectivity index (χ2n) is 6.66. The minimum atomic E-state index is -0.0768. The third kappa shape index (κ3) is 3.24. The molecule has 0 aliphatic carbocycles. The number of nitrogens with zero attached hydrogens (tertiary/aromatic N) is 2. The topological polar surface area (TPSA) is 62.7 Å². The van der Waals surface area contributed by atoms with Crippen LogP contribution in [0.4, 0.5) is 0 Å². The Balaban J connectivity index is 1.48. The molecule has 2 aromatic carbocycles. The lowest BCUT2D eigenvalue weighted by molar-refractivity contribution is 0.0953. The minimum absolute atomic E-state index is 0.0768. The fraction of sp³-hybridized carbons (Fsp3) is 0.182. The van der Waals surface area contributed by atoms with Crippen LogP contribution in [0.2, 0.25) is 0 Å². The maximum absolute atomic E-state index is 12.8. The molecule has 27 heavy (non-hydrogen) atoms. The van der Waals surface area contributed by atoms with Gasteiger partial charge >= 0.3 is 0 Å². The number of rotatable bonds is 5. The van der Waals surface area contributed by atoms with E-state index in [2.05, 4.69) is 27.5 Å². The van der Waals surface area contributed by atoms with Crippen molar-refractivity contribution in [2.45, 2.75) is 20.3 Å². The van der Waals surface area contributed by atoms with Crippen molar-refractivity contribution in [1.82, 2.24) is 20.1 Å². The molecule has 0 radical (unpaired) electrons. The summed E-state index contributed by atoms with van der Waals surface area (Å²) in [4.78, 5) is 16.0. The smallest absolute Gasteiger partial charge is 0.255 e. The normalized spacial score (nSPS) is 11.0. The molecular weight excluding hydrogens is 336 g/mol. The molecule has 136 valence electrons. The number of carbonyl (C=O) groups excluding carboxylic acids is 1. The Hall–Kier alpha value is -3.34. The van der Waals surface area contributed by atoms with Gasteiger partial charge in [-0.15, -0.1) is 0 Å². The highest BCUT2D eigenvalue weighted by Gasteiger charge is 2.19. The van der Waals surface area contributed by atoms with E-state index in [4.69, 9.17) is 0 Å². The van der Waals surface area contributed by atoms with Crippen LogP contribution < -0.4 is 5.32 Å². The van der Waals surface area contributed by atoms with Gasteiger partial charge in [0.25, 0.3) is 5.91 Å². The van der Waals surface area contributed by atoms with E-state index in [0.29, 0.717) is 12.1 Å². The predicted octanol–water partition coefficient (Wildman–Crippen LogP) is 3.94. The number of benzene rings is 2. The summed E-state index contributed by atoms with van der Waals surface area (Å²) in [5.74, 6) is -0.0768. The molecule has 2 aromatic heterocycles. The van der Waals surface area contributed by atoms with Crippen LogP contribution in [0.25, 0.3) is 16.6 Å². The van der Waals surface area contributed by atoms with E-state index < -0.39 is 0 Å². The van der Waals surface area contributed by atoms with Gasteiger partial charge in [0.1, 0.15) is 0 Å². The number of aromatic nitrogens is 3. The minimum Gasteiger partial charge on any atom is -0.361 e. The molecule has 2 N–H and O–H groups in total. The number of amides is 1. The number of H-pyrrole nitrogens is 1. The number of carbonyl (C=O) groups is 1. The fourth-order valence-electron chi connectivity index (χ4n) is 3.53. The van der Waals surface area contributed by atoms with E-state index in [9.17, 15) is 4.79 Å². The van der Waals surface area contributed by atoms with Crippen molar-refractivity contribution in [3.8, 4) is 5.69 Å². The van der Waals surface area contributed by atoms with E-state index in [1.54, 1.807) is 0 Å². The summed E-state index contributed by atoms with van der Waals surface area (Å²) in [6.07, 6.45) is 2.79. The Bertz CT molecular complexity index is 1090. The van der Waals surface area contributed by atoms with Crippen molar-refractivity contribution in [1.29, 1.82) is 0 Å². The molecule has 0 aliphatic heterocycles. The lowest BCUT2D eigenvalue weighted by atomic mass is 10.1. The van der Waals surface area contributed by atoms with Crippen LogP contribution in [0.1, 0.15) is 27.3 Å². The van der Waals surface area contributed by atoms with E-state index in [0.717, 1.165) is 29.0 Å². The van der Waals surface area contributed by atoms with Crippen LogP contribution in [0.3, 0.4) is 0 Å². The van der Waals surface area contributed by atoms with Gasteiger partial charge in [-0.3, -0.25) is 4.79 Å². The largest absolute Gasteiger partial charge is 0.361 e. The van der Waals surface area contributed by atoms with Crippen molar-refractivity contribution >= 4 is 16.8 Å². The first kappa shape index (κ1) is 17.1.